The molecule has 1 aromatic carbocycles. The molecule has 1 aromatic heterocycles. The first-order valence-electron chi connectivity index (χ1n) is 6.71. The molecule has 3 N–H and O–H groups in total. The minimum absolute atomic E-state index is 0. The topological polar surface area (TPSA) is 72.5 Å². The lowest BCUT2D eigenvalue weighted by atomic mass is 10.1. The number of nitrogens with one attached hydrogen (secondary N) is 1. The fourth-order valence-electron chi connectivity index (χ4n) is 2.13. The molecule has 0 saturated heterocycles. The summed E-state index contributed by atoms with van der Waals surface area (Å²) in [6.45, 7) is 4.51. The van der Waals surface area contributed by atoms with Crippen LogP contribution in [0, 0.1) is 13.8 Å². The molecule has 0 atom stereocenters. The zero-order valence-electron chi connectivity index (χ0n) is 13.0. The molecular formula is C16H21IN4O. The number of aliphatic imine (C=N–C) groups is 1. The summed E-state index contributed by atoms with van der Waals surface area (Å²) in [6, 6.07) is 9.93. The molecule has 2 aromatic rings. The second kappa shape index (κ2) is 8.57. The first-order valence-corrected chi connectivity index (χ1v) is 6.71. The van der Waals surface area contributed by atoms with E-state index in [2.05, 4.69) is 21.4 Å². The maximum atomic E-state index is 5.92. The van der Waals surface area contributed by atoms with Crippen molar-refractivity contribution >= 4 is 35.6 Å². The van der Waals surface area contributed by atoms with Gasteiger partial charge in [-0.05, 0) is 43.2 Å². The second-order valence-corrected chi connectivity index (χ2v) is 4.87. The fraction of sp³-hybridized carbons (Fsp3) is 0.250. The summed E-state index contributed by atoms with van der Waals surface area (Å²) in [5.74, 6) is 0.936. The van der Waals surface area contributed by atoms with Crippen molar-refractivity contribution in [3.63, 3.8) is 0 Å². The Labute approximate surface area is 148 Å². The molecule has 0 aliphatic heterocycles. The summed E-state index contributed by atoms with van der Waals surface area (Å²) in [4.78, 5) is 8.45. The quantitative estimate of drug-likeness (QED) is 0.460. The van der Waals surface area contributed by atoms with Gasteiger partial charge in [-0.2, -0.15) is 0 Å². The molecule has 118 valence electrons. The SMILES string of the molecule is COc1ncccc1CN=C(N)Nc1cc(C)cc(C)c1.I. The number of hydrogen-bond donors (Lipinski definition) is 2. The number of rotatable bonds is 4. The highest BCUT2D eigenvalue weighted by atomic mass is 127. The lowest BCUT2D eigenvalue weighted by Crippen LogP contribution is -2.22. The minimum atomic E-state index is 0. The first-order chi connectivity index (χ1) is 10.1. The Bertz CT molecular complexity index is 638. The monoisotopic (exact) mass is 412 g/mol. The molecular weight excluding hydrogens is 391 g/mol. The number of aryl methyl sites for hydroxylation is 2. The molecule has 0 radical (unpaired) electrons. The Kier molecular flexibility index (Phi) is 7.10. The van der Waals surface area contributed by atoms with Crippen molar-refractivity contribution in [2.24, 2.45) is 10.7 Å². The Morgan fingerprint density at radius 2 is 1.95 bits per heavy atom. The predicted molar refractivity (Wildman–Crippen MR) is 101 cm³/mol. The van der Waals surface area contributed by atoms with Crippen LogP contribution in [0.25, 0.3) is 0 Å². The molecule has 6 heteroatoms. The van der Waals surface area contributed by atoms with E-state index in [-0.39, 0.29) is 24.0 Å². The molecule has 5 nitrogen and oxygen atoms in total. The van der Waals surface area contributed by atoms with Gasteiger partial charge in [-0.15, -0.1) is 24.0 Å². The summed E-state index contributed by atoms with van der Waals surface area (Å²) in [6.07, 6.45) is 1.68. The number of hydrogen-bond acceptors (Lipinski definition) is 3. The van der Waals surface area contributed by atoms with Crippen LogP contribution < -0.4 is 15.8 Å². The molecule has 0 bridgehead atoms. The zero-order chi connectivity index (χ0) is 15.2. The number of guanidine groups is 1. The van der Waals surface area contributed by atoms with Gasteiger partial charge in [0.15, 0.2) is 5.96 Å². The van der Waals surface area contributed by atoms with Crippen molar-refractivity contribution in [2.75, 3.05) is 12.4 Å². The summed E-state index contributed by atoms with van der Waals surface area (Å²) in [5.41, 5.74) is 10.1. The van der Waals surface area contributed by atoms with Crippen LogP contribution >= 0.6 is 24.0 Å². The maximum absolute atomic E-state index is 5.92. The summed E-state index contributed by atoms with van der Waals surface area (Å²) in [7, 11) is 1.59. The van der Waals surface area contributed by atoms with Crippen LogP contribution in [0.2, 0.25) is 0 Å². The van der Waals surface area contributed by atoms with Crippen molar-refractivity contribution in [2.45, 2.75) is 20.4 Å². The molecule has 0 saturated carbocycles. The third kappa shape index (κ3) is 5.18. The second-order valence-electron chi connectivity index (χ2n) is 4.87. The van der Waals surface area contributed by atoms with E-state index in [0.29, 0.717) is 18.4 Å². The van der Waals surface area contributed by atoms with Crippen molar-refractivity contribution in [3.8, 4) is 5.88 Å². The minimum Gasteiger partial charge on any atom is -0.481 e. The molecule has 0 unspecified atom stereocenters. The normalized spacial score (nSPS) is 10.8. The van der Waals surface area contributed by atoms with Gasteiger partial charge in [0.2, 0.25) is 5.88 Å². The molecule has 0 spiro atoms. The van der Waals surface area contributed by atoms with E-state index in [1.165, 1.54) is 11.1 Å². The van der Waals surface area contributed by atoms with Crippen LogP contribution in [0.1, 0.15) is 16.7 Å². The van der Waals surface area contributed by atoms with Gasteiger partial charge in [-0.25, -0.2) is 9.98 Å². The maximum Gasteiger partial charge on any atom is 0.218 e. The van der Waals surface area contributed by atoms with E-state index in [9.17, 15) is 0 Å². The number of nitrogens with zero attached hydrogens (tertiary/aromatic N) is 2. The molecule has 22 heavy (non-hydrogen) atoms. The van der Waals surface area contributed by atoms with Crippen LogP contribution in [0.5, 0.6) is 5.88 Å². The number of methoxy groups -OCH3 is 1. The Morgan fingerprint density at radius 1 is 1.27 bits per heavy atom. The van der Waals surface area contributed by atoms with Crippen molar-refractivity contribution < 1.29 is 4.74 Å². The first kappa shape index (κ1) is 18.2. The highest BCUT2D eigenvalue weighted by Gasteiger charge is 2.03. The molecule has 0 aliphatic carbocycles. The van der Waals surface area contributed by atoms with Gasteiger partial charge in [0.25, 0.3) is 0 Å². The average Bonchev–Trinajstić information content (AvgIpc) is 2.44. The summed E-state index contributed by atoms with van der Waals surface area (Å²) >= 11 is 0. The highest BCUT2D eigenvalue weighted by molar-refractivity contribution is 14.0. The van der Waals surface area contributed by atoms with E-state index in [1.807, 2.05) is 38.1 Å². The Hall–Kier alpha value is -1.83. The van der Waals surface area contributed by atoms with Gasteiger partial charge in [0, 0.05) is 17.4 Å². The molecule has 0 amide bonds. The predicted octanol–water partition coefficient (Wildman–Crippen LogP) is 3.25. The number of anilines is 1. The summed E-state index contributed by atoms with van der Waals surface area (Å²) in [5, 5.41) is 3.10. The van der Waals surface area contributed by atoms with Crippen LogP contribution in [0.4, 0.5) is 5.69 Å². The van der Waals surface area contributed by atoms with Crippen LogP contribution in [-0.2, 0) is 6.54 Å². The van der Waals surface area contributed by atoms with E-state index in [0.717, 1.165) is 11.3 Å². The Balaban J connectivity index is 0.00000242. The smallest absolute Gasteiger partial charge is 0.218 e. The number of pyridine rings is 1. The number of ether oxygens (including phenoxy) is 1. The van der Waals surface area contributed by atoms with Gasteiger partial charge >= 0.3 is 0 Å². The van der Waals surface area contributed by atoms with Gasteiger partial charge in [0.1, 0.15) is 0 Å². The average molecular weight is 412 g/mol. The third-order valence-corrected chi connectivity index (χ3v) is 2.96. The van der Waals surface area contributed by atoms with Crippen molar-refractivity contribution in [3.05, 3.63) is 53.2 Å². The fourth-order valence-corrected chi connectivity index (χ4v) is 2.13. The standard InChI is InChI=1S/C16H20N4O.HI/c1-11-7-12(2)9-14(8-11)20-16(17)19-10-13-5-4-6-18-15(13)21-3;/h4-9H,10H2,1-3H3,(H3,17,19,20);1H. The Morgan fingerprint density at radius 3 is 2.59 bits per heavy atom. The van der Waals surface area contributed by atoms with Gasteiger partial charge in [0.05, 0.1) is 13.7 Å². The zero-order valence-corrected chi connectivity index (χ0v) is 15.3. The largest absolute Gasteiger partial charge is 0.481 e. The van der Waals surface area contributed by atoms with Crippen LogP contribution in [0.3, 0.4) is 0 Å². The number of halogens is 1. The number of benzene rings is 1. The van der Waals surface area contributed by atoms with Crippen LogP contribution in [-0.4, -0.2) is 18.1 Å². The lowest BCUT2D eigenvalue weighted by molar-refractivity contribution is 0.392. The van der Waals surface area contributed by atoms with E-state index >= 15 is 0 Å². The number of aromatic nitrogens is 1. The van der Waals surface area contributed by atoms with Gasteiger partial charge < -0.3 is 15.8 Å². The van der Waals surface area contributed by atoms with E-state index < -0.39 is 0 Å². The van der Waals surface area contributed by atoms with Crippen molar-refractivity contribution in [1.82, 2.24) is 4.98 Å². The van der Waals surface area contributed by atoms with Crippen molar-refractivity contribution in [1.29, 1.82) is 0 Å². The van der Waals surface area contributed by atoms with Crippen LogP contribution in [0.15, 0.2) is 41.5 Å². The molecule has 1 heterocycles. The molecule has 0 aliphatic rings. The van der Waals surface area contributed by atoms with Gasteiger partial charge in [-0.3, -0.25) is 0 Å². The number of nitrogens with two attached hydrogens (primary N) is 1. The highest BCUT2D eigenvalue weighted by Crippen LogP contribution is 2.15. The summed E-state index contributed by atoms with van der Waals surface area (Å²) < 4.78 is 5.19. The van der Waals surface area contributed by atoms with E-state index in [1.54, 1.807) is 13.3 Å². The molecule has 0 fully saturated rings. The lowest BCUT2D eigenvalue weighted by Gasteiger charge is -2.09. The van der Waals surface area contributed by atoms with E-state index in [4.69, 9.17) is 10.5 Å². The van der Waals surface area contributed by atoms with Gasteiger partial charge in [-0.1, -0.05) is 12.1 Å². The molecule has 2 rings (SSSR count). The third-order valence-electron chi connectivity index (χ3n) is 2.96.